The van der Waals surface area contributed by atoms with Gasteiger partial charge in [-0.15, -0.1) is 0 Å². The lowest BCUT2D eigenvalue weighted by Crippen LogP contribution is -2.63. The number of aromatic hydroxyl groups is 1. The standard InChI is InChI=1S/C28H33IN2O8/c1-31(2)21-16-9-12-8-15-17(29)10-13(11-39-14-6-4-3-5-7-14)22(32)19(15)23(33)18(12)25(35)28(16,38)26(36)20(24(21)34)27(30)37/h10,12,14,16,21,32,34-35,38H,3-9,11H2,1-2H3,(H2,30,37). The molecule has 1 amide bonds. The summed E-state index contributed by atoms with van der Waals surface area (Å²) in [6, 6.07) is 0.793. The fourth-order valence-electron chi connectivity index (χ4n) is 6.87. The van der Waals surface area contributed by atoms with Crippen molar-refractivity contribution in [1.82, 2.24) is 4.90 Å². The number of ether oxygens (including phenoxy) is 1. The third-order valence-electron chi connectivity index (χ3n) is 8.77. The number of ketones is 2. The normalized spacial score (nSPS) is 29.4. The number of rotatable bonds is 5. The molecule has 4 unspecified atom stereocenters. The minimum atomic E-state index is -2.64. The molecule has 1 aromatic carbocycles. The smallest absolute Gasteiger partial charge is 0.255 e. The van der Waals surface area contributed by atoms with E-state index in [0.717, 1.165) is 29.3 Å². The summed E-state index contributed by atoms with van der Waals surface area (Å²) in [5.41, 5.74) is 2.84. The van der Waals surface area contributed by atoms with E-state index in [9.17, 15) is 34.8 Å². The zero-order valence-corrected chi connectivity index (χ0v) is 24.0. The lowest BCUT2D eigenvalue weighted by molar-refractivity contribution is -0.148. The third kappa shape index (κ3) is 4.28. The van der Waals surface area contributed by atoms with Gasteiger partial charge in [-0.1, -0.05) is 19.3 Å². The number of amides is 1. The second-order valence-corrected chi connectivity index (χ2v) is 12.4. The van der Waals surface area contributed by atoms with E-state index in [1.54, 1.807) is 20.2 Å². The van der Waals surface area contributed by atoms with Crippen molar-refractivity contribution in [2.75, 3.05) is 14.1 Å². The number of likely N-dealkylation sites (N-methyl/N-ethyl adjacent to an activating group) is 1. The number of nitrogens with two attached hydrogens (primary N) is 1. The van der Waals surface area contributed by atoms with Crippen LogP contribution in [0.2, 0.25) is 0 Å². The molecule has 4 atom stereocenters. The Bertz CT molecular complexity index is 1330. The highest BCUT2D eigenvalue weighted by Crippen LogP contribution is 2.52. The van der Waals surface area contributed by atoms with Crippen LogP contribution in [0.5, 0.6) is 5.75 Å². The van der Waals surface area contributed by atoms with Crippen LogP contribution in [0.15, 0.2) is 28.7 Å². The predicted molar refractivity (Wildman–Crippen MR) is 148 cm³/mol. The fraction of sp³-hybridized carbons (Fsp3) is 0.536. The Kier molecular flexibility index (Phi) is 7.32. The number of aliphatic hydroxyl groups is 3. The molecule has 4 aliphatic rings. The summed E-state index contributed by atoms with van der Waals surface area (Å²) in [7, 11) is 3.20. The highest BCUT2D eigenvalue weighted by molar-refractivity contribution is 14.1. The number of benzene rings is 1. The van der Waals surface area contributed by atoms with Crippen LogP contribution in [0.3, 0.4) is 0 Å². The van der Waals surface area contributed by atoms with Crippen LogP contribution in [-0.4, -0.2) is 74.6 Å². The second-order valence-electron chi connectivity index (χ2n) is 11.3. The van der Waals surface area contributed by atoms with E-state index in [4.69, 9.17) is 10.5 Å². The van der Waals surface area contributed by atoms with Crippen molar-refractivity contribution in [2.45, 2.75) is 69.3 Å². The predicted octanol–water partition coefficient (Wildman–Crippen LogP) is 2.57. The maximum Gasteiger partial charge on any atom is 0.255 e. The largest absolute Gasteiger partial charge is 0.510 e. The Balaban J connectivity index is 1.59. The number of nitrogens with zero attached hydrogens (tertiary/aromatic N) is 1. The SMILES string of the molecule is CN(C)C1C(O)=C(C(N)=O)C(=O)C2(O)C(O)=C3C(=O)c4c(O)c(COC5CCCCC5)cc(I)c4CC3CC12. The molecule has 6 N–H and O–H groups in total. The van der Waals surface area contributed by atoms with Gasteiger partial charge in [-0.2, -0.15) is 0 Å². The van der Waals surface area contributed by atoms with Crippen LogP contribution in [0.4, 0.5) is 0 Å². The number of halogens is 1. The zero-order valence-electron chi connectivity index (χ0n) is 21.9. The first-order valence-corrected chi connectivity index (χ1v) is 14.3. The van der Waals surface area contributed by atoms with Crippen molar-refractivity contribution < 1.29 is 39.5 Å². The van der Waals surface area contributed by atoms with Crippen LogP contribution < -0.4 is 5.73 Å². The molecule has 210 valence electrons. The first kappa shape index (κ1) is 28.1. The molecule has 4 aliphatic carbocycles. The first-order chi connectivity index (χ1) is 18.4. The van der Waals surface area contributed by atoms with Gasteiger partial charge in [0, 0.05) is 20.6 Å². The summed E-state index contributed by atoms with van der Waals surface area (Å²) in [5.74, 6) is -6.49. The molecule has 1 aromatic rings. The molecule has 1 saturated carbocycles. The monoisotopic (exact) mass is 652 g/mol. The molecule has 10 nitrogen and oxygen atoms in total. The van der Waals surface area contributed by atoms with E-state index in [2.05, 4.69) is 22.6 Å². The van der Waals surface area contributed by atoms with Crippen LogP contribution >= 0.6 is 22.6 Å². The van der Waals surface area contributed by atoms with E-state index in [0.29, 0.717) is 11.1 Å². The van der Waals surface area contributed by atoms with E-state index < -0.39 is 58.0 Å². The Morgan fingerprint density at radius 1 is 1.18 bits per heavy atom. The quantitative estimate of drug-likeness (QED) is 0.237. The highest BCUT2D eigenvalue weighted by atomic mass is 127. The van der Waals surface area contributed by atoms with Gasteiger partial charge in [0.25, 0.3) is 5.91 Å². The minimum Gasteiger partial charge on any atom is -0.510 e. The molecule has 0 heterocycles. The Morgan fingerprint density at radius 3 is 2.46 bits per heavy atom. The van der Waals surface area contributed by atoms with E-state index in [1.807, 2.05) is 0 Å². The molecular weight excluding hydrogens is 619 g/mol. The summed E-state index contributed by atoms with van der Waals surface area (Å²) >= 11 is 2.12. The lowest BCUT2D eigenvalue weighted by Gasteiger charge is -2.50. The first-order valence-electron chi connectivity index (χ1n) is 13.2. The number of hydrogen-bond donors (Lipinski definition) is 5. The Morgan fingerprint density at radius 2 is 1.85 bits per heavy atom. The van der Waals surface area contributed by atoms with Crippen molar-refractivity contribution in [3.8, 4) is 5.75 Å². The molecule has 39 heavy (non-hydrogen) atoms. The fourth-order valence-corrected chi connectivity index (χ4v) is 7.74. The molecule has 1 fully saturated rings. The van der Waals surface area contributed by atoms with E-state index in [1.165, 1.54) is 11.3 Å². The molecule has 0 radical (unpaired) electrons. The van der Waals surface area contributed by atoms with E-state index in [-0.39, 0.29) is 42.4 Å². The van der Waals surface area contributed by atoms with Gasteiger partial charge in [0.1, 0.15) is 22.8 Å². The number of primary amides is 1. The number of hydrogen-bond acceptors (Lipinski definition) is 9. The number of Topliss-reactive ketones (excluding diaryl/α,β-unsaturated/α-hetero) is 2. The molecule has 0 aromatic heterocycles. The number of phenols is 1. The topological polar surface area (TPSA) is 171 Å². The van der Waals surface area contributed by atoms with Gasteiger partial charge in [0.05, 0.1) is 24.3 Å². The number of carbonyl (C=O) groups is 3. The third-order valence-corrected chi connectivity index (χ3v) is 9.74. The number of allylic oxidation sites excluding steroid dienone is 1. The number of phenolic OH excluding ortho intramolecular Hbond substituents is 1. The van der Waals surface area contributed by atoms with Crippen molar-refractivity contribution in [1.29, 1.82) is 0 Å². The Hall–Kier alpha value is -2.48. The van der Waals surface area contributed by atoms with Crippen molar-refractivity contribution in [3.63, 3.8) is 0 Å². The average molecular weight is 652 g/mol. The van der Waals surface area contributed by atoms with Gasteiger partial charge in [0.2, 0.25) is 5.78 Å². The molecular formula is C28H33IN2O8. The maximum atomic E-state index is 13.9. The van der Waals surface area contributed by atoms with Gasteiger partial charge < -0.3 is 30.9 Å². The molecule has 0 bridgehead atoms. The van der Waals surface area contributed by atoms with Crippen molar-refractivity contribution in [2.24, 2.45) is 17.6 Å². The molecule has 11 heteroatoms. The maximum absolute atomic E-state index is 13.9. The summed E-state index contributed by atoms with van der Waals surface area (Å²) in [6.45, 7) is 0.128. The van der Waals surface area contributed by atoms with Crippen molar-refractivity contribution >= 4 is 40.1 Å². The van der Waals surface area contributed by atoms with Gasteiger partial charge in [-0.25, -0.2) is 0 Å². The molecule has 0 saturated heterocycles. The van der Waals surface area contributed by atoms with Gasteiger partial charge >= 0.3 is 0 Å². The van der Waals surface area contributed by atoms with Crippen LogP contribution in [-0.2, 0) is 27.4 Å². The summed E-state index contributed by atoms with van der Waals surface area (Å²) in [6.07, 6.45) is 5.68. The summed E-state index contributed by atoms with van der Waals surface area (Å²) in [5, 5.41) is 45.2. The van der Waals surface area contributed by atoms with Gasteiger partial charge in [-0.3, -0.25) is 19.3 Å². The van der Waals surface area contributed by atoms with Gasteiger partial charge in [-0.05, 0) is 79.9 Å². The minimum absolute atomic E-state index is 0.0185. The van der Waals surface area contributed by atoms with Crippen molar-refractivity contribution in [3.05, 3.63) is 49.0 Å². The number of fused-ring (bicyclic) bond motifs is 3. The van der Waals surface area contributed by atoms with Crippen LogP contribution in [0.25, 0.3) is 0 Å². The lowest BCUT2D eigenvalue weighted by atomic mass is 9.58. The number of aliphatic hydroxyl groups excluding tert-OH is 2. The second kappa shape index (κ2) is 10.2. The Labute approximate surface area is 239 Å². The molecule has 0 aliphatic heterocycles. The van der Waals surface area contributed by atoms with Crippen LogP contribution in [0.1, 0.15) is 60.0 Å². The number of carbonyl (C=O) groups excluding carboxylic acids is 3. The molecule has 5 rings (SSSR count). The summed E-state index contributed by atoms with van der Waals surface area (Å²) < 4.78 is 6.80. The highest BCUT2D eigenvalue weighted by Gasteiger charge is 2.63. The average Bonchev–Trinajstić information content (AvgIpc) is 2.87. The zero-order chi connectivity index (χ0) is 28.4. The molecule has 0 spiro atoms. The van der Waals surface area contributed by atoms with E-state index >= 15 is 0 Å². The summed E-state index contributed by atoms with van der Waals surface area (Å²) in [4.78, 5) is 40.9. The van der Waals surface area contributed by atoms with Crippen LogP contribution in [0, 0.1) is 15.4 Å². The van der Waals surface area contributed by atoms with Gasteiger partial charge in [0.15, 0.2) is 11.4 Å².